The van der Waals surface area contributed by atoms with Crippen LogP contribution in [-0.4, -0.2) is 31.7 Å². The minimum absolute atomic E-state index is 0.0894. The highest BCUT2D eigenvalue weighted by atomic mass is 127. The summed E-state index contributed by atoms with van der Waals surface area (Å²) in [5.74, 6) is -0.440. The molecule has 1 aliphatic heterocycles. The highest BCUT2D eigenvalue weighted by Gasteiger charge is 2.28. The third-order valence-electron chi connectivity index (χ3n) is 3.99. The zero-order valence-corrected chi connectivity index (χ0v) is 16.9. The van der Waals surface area contributed by atoms with Crippen LogP contribution in [0.5, 0.6) is 0 Å². The first kappa shape index (κ1) is 18.6. The van der Waals surface area contributed by atoms with Gasteiger partial charge in [-0.1, -0.05) is 11.6 Å². The second-order valence-corrected chi connectivity index (χ2v) is 9.30. The van der Waals surface area contributed by atoms with E-state index >= 15 is 0 Å². The molecule has 1 heterocycles. The Morgan fingerprint density at radius 3 is 2.36 bits per heavy atom. The summed E-state index contributed by atoms with van der Waals surface area (Å²) in [4.78, 5) is 12.6. The number of nitrogens with zero attached hydrogens (tertiary/aromatic N) is 1. The Morgan fingerprint density at radius 1 is 1.08 bits per heavy atom. The summed E-state index contributed by atoms with van der Waals surface area (Å²) in [5.41, 5.74) is 0.759. The van der Waals surface area contributed by atoms with Gasteiger partial charge in [0.25, 0.3) is 5.91 Å². The summed E-state index contributed by atoms with van der Waals surface area (Å²) >= 11 is 8.30. The average Bonchev–Trinajstić information content (AvgIpc) is 3.12. The van der Waals surface area contributed by atoms with Crippen LogP contribution in [-0.2, 0) is 10.0 Å². The topological polar surface area (TPSA) is 66.5 Å². The molecule has 0 radical (unpaired) electrons. The molecule has 3 rings (SSSR count). The molecule has 2 aromatic rings. The zero-order valence-electron chi connectivity index (χ0n) is 13.2. The zero-order chi connectivity index (χ0) is 18.0. The molecule has 2 aromatic carbocycles. The fraction of sp³-hybridized carbons (Fsp3) is 0.235. The Balaban J connectivity index is 1.88. The van der Waals surface area contributed by atoms with E-state index < -0.39 is 15.9 Å². The van der Waals surface area contributed by atoms with Gasteiger partial charge in [-0.2, -0.15) is 4.31 Å². The van der Waals surface area contributed by atoms with Gasteiger partial charge in [-0.05, 0) is 77.9 Å². The lowest BCUT2D eigenvalue weighted by Crippen LogP contribution is -2.28. The summed E-state index contributed by atoms with van der Waals surface area (Å²) in [5, 5.41) is 2.95. The van der Waals surface area contributed by atoms with Gasteiger partial charge in [0, 0.05) is 22.3 Å². The Labute approximate surface area is 165 Å². The van der Waals surface area contributed by atoms with Crippen molar-refractivity contribution in [3.63, 3.8) is 0 Å². The summed E-state index contributed by atoms with van der Waals surface area (Å²) in [7, 11) is -3.60. The minimum atomic E-state index is -3.60. The van der Waals surface area contributed by atoms with Gasteiger partial charge in [0.15, 0.2) is 0 Å². The molecule has 1 saturated heterocycles. The first-order chi connectivity index (χ1) is 11.9. The summed E-state index contributed by atoms with van der Waals surface area (Å²) < 4.78 is 27.8. The van der Waals surface area contributed by atoms with E-state index in [1.165, 1.54) is 22.5 Å². The normalized spacial score (nSPS) is 15.3. The number of benzene rings is 2. The van der Waals surface area contributed by atoms with Crippen LogP contribution in [0.15, 0.2) is 47.4 Å². The molecule has 0 bridgehead atoms. The lowest BCUT2D eigenvalue weighted by Gasteiger charge is -2.16. The SMILES string of the molecule is O=C(Nc1ccc(I)cc1)c1cc(S(=O)(=O)N2CCCC2)ccc1Cl. The van der Waals surface area contributed by atoms with Gasteiger partial charge in [0.1, 0.15) is 0 Å². The van der Waals surface area contributed by atoms with Crippen molar-refractivity contribution in [2.24, 2.45) is 0 Å². The number of nitrogens with one attached hydrogen (secondary N) is 1. The molecular formula is C17H16ClIN2O3S. The Kier molecular flexibility index (Phi) is 5.67. The molecule has 0 spiro atoms. The van der Waals surface area contributed by atoms with Gasteiger partial charge in [-0.15, -0.1) is 0 Å². The van der Waals surface area contributed by atoms with Crippen LogP contribution in [0.2, 0.25) is 5.02 Å². The standard InChI is InChI=1S/C17H16ClIN2O3S/c18-16-8-7-14(25(23,24)21-9-1-2-10-21)11-15(16)17(22)20-13-5-3-12(19)4-6-13/h3-8,11H,1-2,9-10H2,(H,20,22). The number of carbonyl (C=O) groups is 1. The highest BCUT2D eigenvalue weighted by Crippen LogP contribution is 2.26. The Morgan fingerprint density at radius 2 is 1.72 bits per heavy atom. The second kappa shape index (κ2) is 7.61. The van der Waals surface area contributed by atoms with Gasteiger partial charge in [0.05, 0.1) is 15.5 Å². The molecule has 1 fully saturated rings. The number of rotatable bonds is 4. The van der Waals surface area contributed by atoms with E-state index in [2.05, 4.69) is 27.9 Å². The van der Waals surface area contributed by atoms with Gasteiger partial charge in [-0.25, -0.2) is 8.42 Å². The smallest absolute Gasteiger partial charge is 0.257 e. The summed E-state index contributed by atoms with van der Waals surface area (Å²) in [6.45, 7) is 1.02. The Bertz CT molecular complexity index is 895. The van der Waals surface area contributed by atoms with Gasteiger partial charge in [0.2, 0.25) is 10.0 Å². The van der Waals surface area contributed by atoms with Crippen LogP contribution in [0.3, 0.4) is 0 Å². The molecule has 0 saturated carbocycles. The monoisotopic (exact) mass is 490 g/mol. The molecule has 132 valence electrons. The van der Waals surface area contributed by atoms with Crippen LogP contribution in [0.25, 0.3) is 0 Å². The number of sulfonamides is 1. The van der Waals surface area contributed by atoms with Crippen LogP contribution in [0, 0.1) is 3.57 Å². The van der Waals surface area contributed by atoms with E-state index in [9.17, 15) is 13.2 Å². The van der Waals surface area contributed by atoms with Crippen LogP contribution < -0.4 is 5.32 Å². The lowest BCUT2D eigenvalue weighted by atomic mass is 10.2. The predicted molar refractivity (Wildman–Crippen MR) is 107 cm³/mol. The molecule has 0 aliphatic carbocycles. The van der Waals surface area contributed by atoms with E-state index in [1.54, 1.807) is 12.1 Å². The third kappa shape index (κ3) is 4.16. The van der Waals surface area contributed by atoms with Crippen molar-refractivity contribution in [2.75, 3.05) is 18.4 Å². The van der Waals surface area contributed by atoms with Crippen molar-refractivity contribution >= 4 is 55.8 Å². The molecule has 1 amide bonds. The third-order valence-corrected chi connectivity index (χ3v) is 6.93. The molecule has 5 nitrogen and oxygen atoms in total. The number of amides is 1. The molecule has 8 heteroatoms. The number of halogens is 2. The maximum absolute atomic E-state index is 12.7. The van der Waals surface area contributed by atoms with Crippen LogP contribution in [0.4, 0.5) is 5.69 Å². The van der Waals surface area contributed by atoms with Crippen molar-refractivity contribution in [3.8, 4) is 0 Å². The lowest BCUT2D eigenvalue weighted by molar-refractivity contribution is 0.102. The number of hydrogen-bond acceptors (Lipinski definition) is 3. The van der Waals surface area contributed by atoms with Crippen molar-refractivity contribution in [3.05, 3.63) is 56.6 Å². The summed E-state index contributed by atoms with van der Waals surface area (Å²) in [6.07, 6.45) is 1.71. The van der Waals surface area contributed by atoms with Crippen LogP contribution in [0.1, 0.15) is 23.2 Å². The first-order valence-electron chi connectivity index (χ1n) is 7.74. The summed E-state index contributed by atoms with van der Waals surface area (Å²) in [6, 6.07) is 11.5. The maximum Gasteiger partial charge on any atom is 0.257 e. The van der Waals surface area contributed by atoms with Gasteiger partial charge in [-0.3, -0.25) is 4.79 Å². The molecule has 1 N–H and O–H groups in total. The van der Waals surface area contributed by atoms with Crippen molar-refractivity contribution in [2.45, 2.75) is 17.7 Å². The van der Waals surface area contributed by atoms with E-state index in [0.717, 1.165) is 16.4 Å². The van der Waals surface area contributed by atoms with E-state index in [1.807, 2.05) is 12.1 Å². The van der Waals surface area contributed by atoms with Crippen molar-refractivity contribution in [1.82, 2.24) is 4.31 Å². The average molecular weight is 491 g/mol. The fourth-order valence-electron chi connectivity index (χ4n) is 2.65. The van der Waals surface area contributed by atoms with Crippen molar-refractivity contribution < 1.29 is 13.2 Å². The number of hydrogen-bond donors (Lipinski definition) is 1. The molecule has 0 atom stereocenters. The maximum atomic E-state index is 12.7. The van der Waals surface area contributed by atoms with Crippen LogP contribution >= 0.6 is 34.2 Å². The fourth-order valence-corrected chi connectivity index (χ4v) is 4.75. The minimum Gasteiger partial charge on any atom is -0.322 e. The largest absolute Gasteiger partial charge is 0.322 e. The number of anilines is 1. The molecular weight excluding hydrogens is 475 g/mol. The van der Waals surface area contributed by atoms with Gasteiger partial charge >= 0.3 is 0 Å². The van der Waals surface area contributed by atoms with E-state index in [4.69, 9.17) is 11.6 Å². The highest BCUT2D eigenvalue weighted by molar-refractivity contribution is 14.1. The molecule has 0 unspecified atom stereocenters. The predicted octanol–water partition coefficient (Wildman–Crippen LogP) is 3.98. The van der Waals surface area contributed by atoms with Crippen molar-refractivity contribution in [1.29, 1.82) is 0 Å². The number of carbonyl (C=O) groups excluding carboxylic acids is 1. The van der Waals surface area contributed by atoms with E-state index in [-0.39, 0.29) is 15.5 Å². The molecule has 1 aliphatic rings. The second-order valence-electron chi connectivity index (χ2n) is 5.71. The van der Waals surface area contributed by atoms with E-state index in [0.29, 0.717) is 18.8 Å². The molecule has 0 aromatic heterocycles. The first-order valence-corrected chi connectivity index (χ1v) is 10.6. The molecule has 25 heavy (non-hydrogen) atoms. The Hall–Kier alpha value is -1.16. The van der Waals surface area contributed by atoms with Gasteiger partial charge < -0.3 is 5.32 Å². The quantitative estimate of drug-likeness (QED) is 0.659.